The van der Waals surface area contributed by atoms with Gasteiger partial charge in [-0.1, -0.05) is 23.8 Å². The lowest BCUT2D eigenvalue weighted by Crippen LogP contribution is -2.24. The smallest absolute Gasteiger partial charge is 0.232 e. The van der Waals surface area contributed by atoms with Crippen molar-refractivity contribution in [2.45, 2.75) is 41.0 Å². The van der Waals surface area contributed by atoms with Crippen LogP contribution in [-0.4, -0.2) is 29.6 Å². The minimum Gasteiger partial charge on any atom is -0.352 e. The largest absolute Gasteiger partial charge is 0.352 e. The Hall–Kier alpha value is -2.36. The Labute approximate surface area is 151 Å². The number of fused-ring (bicyclic) bond motifs is 1. The van der Waals surface area contributed by atoms with Gasteiger partial charge in [0, 0.05) is 36.6 Å². The van der Waals surface area contributed by atoms with Crippen molar-refractivity contribution in [3.63, 3.8) is 0 Å². The van der Waals surface area contributed by atoms with Crippen LogP contribution in [0, 0.1) is 27.7 Å². The van der Waals surface area contributed by atoms with Crippen LogP contribution in [0.2, 0.25) is 0 Å². The predicted octanol–water partition coefficient (Wildman–Crippen LogP) is 4.42. The third kappa shape index (κ3) is 3.13. The second-order valence-electron chi connectivity index (χ2n) is 6.89. The van der Waals surface area contributed by atoms with E-state index in [1.165, 1.54) is 27.9 Å². The molecule has 0 aliphatic carbocycles. The highest BCUT2D eigenvalue weighted by atomic mass is 15.3. The number of hydrogen-bond acceptors (Lipinski definition) is 4. The molecule has 2 heterocycles. The van der Waals surface area contributed by atoms with Crippen LogP contribution in [-0.2, 0) is 6.42 Å². The Kier molecular flexibility index (Phi) is 4.80. The molecule has 132 valence electrons. The van der Waals surface area contributed by atoms with E-state index in [0.717, 1.165) is 43.5 Å². The van der Waals surface area contributed by atoms with Crippen LogP contribution in [0.1, 0.15) is 34.9 Å². The Morgan fingerprint density at radius 2 is 1.84 bits per heavy atom. The van der Waals surface area contributed by atoms with E-state index < -0.39 is 0 Å². The Morgan fingerprint density at radius 3 is 2.44 bits per heavy atom. The normalized spacial score (nSPS) is 13.1. The van der Waals surface area contributed by atoms with Crippen LogP contribution in [0.15, 0.2) is 24.8 Å². The van der Waals surface area contributed by atoms with Crippen LogP contribution >= 0.6 is 0 Å². The molecule has 25 heavy (non-hydrogen) atoms. The molecule has 0 fully saturated rings. The van der Waals surface area contributed by atoms with Gasteiger partial charge in [-0.3, -0.25) is 0 Å². The van der Waals surface area contributed by atoms with E-state index >= 15 is 0 Å². The first-order chi connectivity index (χ1) is 12.0. The first-order valence-corrected chi connectivity index (χ1v) is 9.05. The van der Waals surface area contributed by atoms with E-state index in [9.17, 15) is 0 Å². The van der Waals surface area contributed by atoms with Crippen molar-refractivity contribution in [2.75, 3.05) is 29.4 Å². The molecular weight excluding hydrogens is 308 g/mol. The minimum absolute atomic E-state index is 0.796. The lowest BCUT2D eigenvalue weighted by Gasteiger charge is -2.27. The maximum absolute atomic E-state index is 4.96. The molecule has 2 aromatic rings. The zero-order valence-corrected chi connectivity index (χ0v) is 16.1. The van der Waals surface area contributed by atoms with Crippen LogP contribution in [0.3, 0.4) is 0 Å². The zero-order chi connectivity index (χ0) is 18.1. The summed E-state index contributed by atoms with van der Waals surface area (Å²) in [6.07, 6.45) is 2.96. The molecule has 4 nitrogen and oxygen atoms in total. The monoisotopic (exact) mass is 336 g/mol. The molecule has 0 unspecified atom stereocenters. The molecule has 4 heteroatoms. The van der Waals surface area contributed by atoms with Gasteiger partial charge in [-0.15, -0.1) is 6.58 Å². The number of nitrogens with zero attached hydrogens (tertiary/aromatic N) is 4. The van der Waals surface area contributed by atoms with Gasteiger partial charge in [-0.25, -0.2) is 4.98 Å². The second kappa shape index (κ2) is 6.87. The van der Waals surface area contributed by atoms with Gasteiger partial charge in [-0.2, -0.15) is 4.98 Å². The van der Waals surface area contributed by atoms with Crippen LogP contribution in [0.4, 0.5) is 17.5 Å². The Balaban J connectivity index is 2.10. The summed E-state index contributed by atoms with van der Waals surface area (Å²) < 4.78 is 0. The van der Waals surface area contributed by atoms with E-state index in [0.29, 0.717) is 0 Å². The van der Waals surface area contributed by atoms with Gasteiger partial charge < -0.3 is 9.80 Å². The molecule has 1 aromatic carbocycles. The summed E-state index contributed by atoms with van der Waals surface area (Å²) in [5.74, 6) is 1.87. The summed E-state index contributed by atoms with van der Waals surface area (Å²) in [4.78, 5) is 14.3. The van der Waals surface area contributed by atoms with Gasteiger partial charge in [0.15, 0.2) is 0 Å². The van der Waals surface area contributed by atoms with Gasteiger partial charge in [-0.05, 0) is 52.2 Å². The van der Waals surface area contributed by atoms with Crippen molar-refractivity contribution in [3.8, 4) is 0 Å². The van der Waals surface area contributed by atoms with Gasteiger partial charge in [0.2, 0.25) is 5.95 Å². The topological polar surface area (TPSA) is 32.3 Å². The predicted molar refractivity (Wildman–Crippen MR) is 106 cm³/mol. The van der Waals surface area contributed by atoms with Crippen molar-refractivity contribution in [1.29, 1.82) is 0 Å². The number of anilines is 3. The van der Waals surface area contributed by atoms with E-state index in [1.54, 1.807) is 0 Å². The van der Waals surface area contributed by atoms with Crippen molar-refractivity contribution >= 4 is 17.5 Å². The fraction of sp³-hybridized carbons (Fsp3) is 0.429. The van der Waals surface area contributed by atoms with E-state index in [2.05, 4.69) is 63.1 Å². The second-order valence-corrected chi connectivity index (χ2v) is 6.89. The maximum Gasteiger partial charge on any atom is 0.232 e. The lowest BCUT2D eigenvalue weighted by molar-refractivity contribution is 0.885. The summed E-state index contributed by atoms with van der Waals surface area (Å²) in [6, 6.07) is 4.46. The lowest BCUT2D eigenvalue weighted by atomic mass is 10.0. The molecule has 1 aliphatic heterocycles. The molecule has 0 bridgehead atoms. The molecule has 0 amide bonds. The van der Waals surface area contributed by atoms with Crippen molar-refractivity contribution in [1.82, 2.24) is 9.97 Å². The summed E-state index contributed by atoms with van der Waals surface area (Å²) in [7, 11) is 0. The highest BCUT2D eigenvalue weighted by molar-refractivity contribution is 5.68. The molecule has 0 saturated carbocycles. The third-order valence-corrected chi connectivity index (χ3v) is 4.92. The molecule has 0 spiro atoms. The number of aryl methyl sites for hydroxylation is 4. The van der Waals surface area contributed by atoms with Crippen LogP contribution in [0.5, 0.6) is 0 Å². The zero-order valence-electron chi connectivity index (χ0n) is 16.1. The number of benzene rings is 1. The molecule has 0 radical (unpaired) electrons. The van der Waals surface area contributed by atoms with Gasteiger partial charge in [0.05, 0.1) is 0 Å². The highest BCUT2D eigenvalue weighted by Gasteiger charge is 2.25. The van der Waals surface area contributed by atoms with Crippen LogP contribution in [0.25, 0.3) is 0 Å². The number of rotatable bonds is 5. The van der Waals surface area contributed by atoms with Crippen molar-refractivity contribution < 1.29 is 0 Å². The Bertz CT molecular complexity index is 787. The van der Waals surface area contributed by atoms with Gasteiger partial charge in [0.25, 0.3) is 0 Å². The molecular formula is C21H28N4. The fourth-order valence-electron chi connectivity index (χ4n) is 3.93. The first kappa shape index (κ1) is 17.5. The highest BCUT2D eigenvalue weighted by Crippen LogP contribution is 2.34. The first-order valence-electron chi connectivity index (χ1n) is 9.05. The molecule has 1 aromatic heterocycles. The molecule has 3 rings (SSSR count). The summed E-state index contributed by atoms with van der Waals surface area (Å²) in [6.45, 7) is 17.3. The van der Waals surface area contributed by atoms with Crippen molar-refractivity contribution in [3.05, 3.63) is 52.7 Å². The standard InChI is InChI=1S/C21H28N4/c1-7-10-24-11-9-18-17(6)22-21(23-20(18)24)25(8-2)19-15(4)12-14(3)13-16(19)5/h7,12-13H,1,8-11H2,2-6H3. The maximum atomic E-state index is 4.96. The molecule has 0 saturated heterocycles. The average molecular weight is 336 g/mol. The summed E-state index contributed by atoms with van der Waals surface area (Å²) in [5.41, 5.74) is 7.42. The molecule has 0 atom stereocenters. The number of aromatic nitrogens is 2. The fourth-order valence-corrected chi connectivity index (χ4v) is 3.93. The van der Waals surface area contributed by atoms with E-state index in [4.69, 9.17) is 9.97 Å². The summed E-state index contributed by atoms with van der Waals surface area (Å²) in [5, 5.41) is 0. The Morgan fingerprint density at radius 1 is 1.16 bits per heavy atom. The molecule has 0 N–H and O–H groups in total. The number of hydrogen-bond donors (Lipinski definition) is 0. The average Bonchev–Trinajstić information content (AvgIpc) is 2.94. The third-order valence-electron chi connectivity index (χ3n) is 4.92. The van der Waals surface area contributed by atoms with Gasteiger partial charge >= 0.3 is 0 Å². The van der Waals surface area contributed by atoms with E-state index in [1.807, 2.05) is 6.08 Å². The van der Waals surface area contributed by atoms with Crippen LogP contribution < -0.4 is 9.80 Å². The minimum atomic E-state index is 0.796. The quantitative estimate of drug-likeness (QED) is 0.757. The SMILES string of the molecule is C=CCN1CCc2c(C)nc(N(CC)c3c(C)cc(C)cc3C)nc21. The molecule has 1 aliphatic rings. The summed E-state index contributed by atoms with van der Waals surface area (Å²) >= 11 is 0. The van der Waals surface area contributed by atoms with Gasteiger partial charge in [0.1, 0.15) is 5.82 Å². The van der Waals surface area contributed by atoms with Crippen molar-refractivity contribution in [2.24, 2.45) is 0 Å². The van der Waals surface area contributed by atoms with E-state index in [-0.39, 0.29) is 0 Å².